The minimum atomic E-state index is -0.361. The van der Waals surface area contributed by atoms with E-state index in [0.717, 1.165) is 16.9 Å². The van der Waals surface area contributed by atoms with Crippen LogP contribution in [0.4, 0.5) is 4.39 Å². The summed E-state index contributed by atoms with van der Waals surface area (Å²) in [5, 5.41) is 3.10. The van der Waals surface area contributed by atoms with Crippen LogP contribution in [-0.2, 0) is 4.79 Å². The Morgan fingerprint density at radius 3 is 2.56 bits per heavy atom. The van der Waals surface area contributed by atoms with E-state index >= 15 is 0 Å². The second-order valence-electron chi connectivity index (χ2n) is 6.65. The van der Waals surface area contributed by atoms with Crippen LogP contribution in [0, 0.1) is 5.82 Å². The van der Waals surface area contributed by atoms with Crippen molar-refractivity contribution in [3.63, 3.8) is 0 Å². The zero-order chi connectivity index (χ0) is 18.0. The van der Waals surface area contributed by atoms with Crippen LogP contribution in [-0.4, -0.2) is 37.6 Å². The maximum Gasteiger partial charge on any atom is 0.227 e. The van der Waals surface area contributed by atoms with Crippen LogP contribution in [0.2, 0.25) is 0 Å². The van der Waals surface area contributed by atoms with Gasteiger partial charge in [-0.05, 0) is 44.8 Å². The lowest BCUT2D eigenvalue weighted by molar-refractivity contribution is -0.123. The molecule has 132 valence electrons. The van der Waals surface area contributed by atoms with Crippen LogP contribution >= 0.6 is 0 Å². The van der Waals surface area contributed by atoms with Gasteiger partial charge in [0.15, 0.2) is 0 Å². The highest BCUT2D eigenvalue weighted by molar-refractivity contribution is 5.83. The number of nitrogens with zero attached hydrogens (tertiary/aromatic N) is 1. The van der Waals surface area contributed by atoms with Gasteiger partial charge in [0, 0.05) is 5.56 Å². The van der Waals surface area contributed by atoms with E-state index in [1.807, 2.05) is 45.3 Å². The molecule has 0 saturated heterocycles. The van der Waals surface area contributed by atoms with Crippen LogP contribution in [0.5, 0.6) is 5.75 Å². The van der Waals surface area contributed by atoms with Crippen LogP contribution < -0.4 is 10.1 Å². The summed E-state index contributed by atoms with van der Waals surface area (Å²) in [6.07, 6.45) is 0. The third-order valence-electron chi connectivity index (χ3n) is 4.68. The van der Waals surface area contributed by atoms with Gasteiger partial charge in [0.2, 0.25) is 5.91 Å². The average molecular weight is 342 g/mol. The van der Waals surface area contributed by atoms with Crippen LogP contribution in [0.25, 0.3) is 0 Å². The van der Waals surface area contributed by atoms with E-state index in [2.05, 4.69) is 10.2 Å². The van der Waals surface area contributed by atoms with E-state index < -0.39 is 0 Å². The molecule has 1 N–H and O–H groups in total. The number of carbonyl (C=O) groups excluding carboxylic acids is 1. The SMILES string of the molecule is C[C@H](C(=O)NC1COc2ccccc2C1N(C)C)c1ccc(F)cc1. The number of benzene rings is 2. The lowest BCUT2D eigenvalue weighted by Gasteiger charge is -2.38. The number of likely N-dealkylation sites (N-methyl/N-ethyl adjacent to an activating group) is 1. The minimum Gasteiger partial charge on any atom is -0.491 e. The molecule has 2 aromatic carbocycles. The highest BCUT2D eigenvalue weighted by Gasteiger charge is 2.34. The molecule has 1 aliphatic heterocycles. The molecule has 2 aromatic rings. The molecule has 0 spiro atoms. The zero-order valence-corrected chi connectivity index (χ0v) is 14.7. The normalized spacial score (nSPS) is 20.5. The maximum absolute atomic E-state index is 13.1. The topological polar surface area (TPSA) is 41.6 Å². The first kappa shape index (κ1) is 17.4. The Labute approximate surface area is 147 Å². The van der Waals surface area contributed by atoms with Gasteiger partial charge >= 0.3 is 0 Å². The number of halogens is 1. The van der Waals surface area contributed by atoms with Crippen molar-refractivity contribution in [2.75, 3.05) is 20.7 Å². The van der Waals surface area contributed by atoms with Crippen LogP contribution in [0.1, 0.15) is 30.0 Å². The molecule has 25 heavy (non-hydrogen) atoms. The Morgan fingerprint density at radius 1 is 1.20 bits per heavy atom. The van der Waals surface area contributed by atoms with E-state index in [1.54, 1.807) is 12.1 Å². The van der Waals surface area contributed by atoms with Gasteiger partial charge in [-0.2, -0.15) is 0 Å². The summed E-state index contributed by atoms with van der Waals surface area (Å²) in [6, 6.07) is 13.8. The molecule has 0 fully saturated rings. The Morgan fingerprint density at radius 2 is 1.88 bits per heavy atom. The van der Waals surface area contributed by atoms with Gasteiger partial charge in [0.25, 0.3) is 0 Å². The first-order valence-corrected chi connectivity index (χ1v) is 8.41. The summed E-state index contributed by atoms with van der Waals surface area (Å²) in [5.41, 5.74) is 1.86. The minimum absolute atomic E-state index is 0.0364. The number of hydrogen-bond acceptors (Lipinski definition) is 3. The lowest BCUT2D eigenvalue weighted by Crippen LogP contribution is -2.50. The summed E-state index contributed by atoms with van der Waals surface area (Å²) >= 11 is 0. The molecule has 0 bridgehead atoms. The van der Waals surface area contributed by atoms with Crippen molar-refractivity contribution in [1.29, 1.82) is 0 Å². The molecule has 0 aliphatic carbocycles. The van der Waals surface area contributed by atoms with E-state index in [0.29, 0.717) is 6.61 Å². The molecule has 3 rings (SSSR count). The van der Waals surface area contributed by atoms with Gasteiger partial charge in [-0.15, -0.1) is 0 Å². The molecule has 0 saturated carbocycles. The van der Waals surface area contributed by atoms with E-state index in [1.165, 1.54) is 12.1 Å². The van der Waals surface area contributed by atoms with E-state index in [-0.39, 0.29) is 29.7 Å². The number of nitrogens with one attached hydrogen (secondary N) is 1. The zero-order valence-electron chi connectivity index (χ0n) is 14.7. The predicted molar refractivity (Wildman–Crippen MR) is 95.1 cm³/mol. The summed E-state index contributed by atoms with van der Waals surface area (Å²) < 4.78 is 18.9. The molecule has 0 aromatic heterocycles. The molecule has 1 heterocycles. The standard InChI is InChI=1S/C20H23FN2O2/c1-13(14-8-10-15(21)11-9-14)20(24)22-17-12-25-18-7-5-4-6-16(18)19(17)23(2)3/h4-11,13,17,19H,12H2,1-3H3,(H,22,24)/t13-,17?,19?/m0/s1. The molecule has 1 aliphatic rings. The number of carbonyl (C=O) groups is 1. The fourth-order valence-electron chi connectivity index (χ4n) is 3.31. The molecule has 1 amide bonds. The van der Waals surface area contributed by atoms with Gasteiger partial charge in [-0.1, -0.05) is 30.3 Å². The third kappa shape index (κ3) is 3.66. The largest absolute Gasteiger partial charge is 0.491 e. The molecule has 5 heteroatoms. The lowest BCUT2D eigenvalue weighted by atomic mass is 9.94. The van der Waals surface area contributed by atoms with Crippen molar-refractivity contribution >= 4 is 5.91 Å². The fourth-order valence-corrected chi connectivity index (χ4v) is 3.31. The molecular weight excluding hydrogens is 319 g/mol. The number of ether oxygens (including phenoxy) is 1. The van der Waals surface area contributed by atoms with Gasteiger partial charge in [0.1, 0.15) is 18.2 Å². The average Bonchev–Trinajstić information content (AvgIpc) is 2.61. The smallest absolute Gasteiger partial charge is 0.227 e. The molecule has 4 nitrogen and oxygen atoms in total. The first-order chi connectivity index (χ1) is 12.0. The van der Waals surface area contributed by atoms with Crippen molar-refractivity contribution in [3.8, 4) is 5.75 Å². The van der Waals surface area contributed by atoms with Crippen molar-refractivity contribution in [1.82, 2.24) is 10.2 Å². The number of rotatable bonds is 4. The second kappa shape index (κ2) is 7.23. The van der Waals surface area contributed by atoms with Gasteiger partial charge in [-0.25, -0.2) is 4.39 Å². The van der Waals surface area contributed by atoms with Gasteiger partial charge in [0.05, 0.1) is 18.0 Å². The third-order valence-corrected chi connectivity index (χ3v) is 4.68. The van der Waals surface area contributed by atoms with E-state index in [4.69, 9.17) is 4.74 Å². The summed E-state index contributed by atoms with van der Waals surface area (Å²) in [5.74, 6) is 0.103. The van der Waals surface area contributed by atoms with Crippen molar-refractivity contribution in [2.24, 2.45) is 0 Å². The fraction of sp³-hybridized carbons (Fsp3) is 0.350. The Hall–Kier alpha value is -2.40. The van der Waals surface area contributed by atoms with Crippen molar-refractivity contribution in [2.45, 2.75) is 24.9 Å². The predicted octanol–water partition coefficient (Wildman–Crippen LogP) is 3.11. The molecule has 0 radical (unpaired) electrons. The van der Waals surface area contributed by atoms with Crippen molar-refractivity contribution < 1.29 is 13.9 Å². The number of para-hydroxylation sites is 1. The molecule has 3 atom stereocenters. The number of fused-ring (bicyclic) bond motifs is 1. The molecule has 2 unspecified atom stereocenters. The Balaban J connectivity index is 1.77. The summed E-state index contributed by atoms with van der Waals surface area (Å²) in [7, 11) is 3.99. The number of amides is 1. The van der Waals surface area contributed by atoms with Crippen LogP contribution in [0.3, 0.4) is 0 Å². The quantitative estimate of drug-likeness (QED) is 0.928. The van der Waals surface area contributed by atoms with E-state index in [9.17, 15) is 9.18 Å². The maximum atomic E-state index is 13.1. The number of hydrogen-bond donors (Lipinski definition) is 1. The Bertz CT molecular complexity index is 746. The van der Waals surface area contributed by atoms with Crippen molar-refractivity contribution in [3.05, 3.63) is 65.5 Å². The van der Waals surface area contributed by atoms with Gasteiger partial charge in [-0.3, -0.25) is 4.79 Å². The monoisotopic (exact) mass is 342 g/mol. The second-order valence-corrected chi connectivity index (χ2v) is 6.65. The highest BCUT2D eigenvalue weighted by Crippen LogP contribution is 2.35. The van der Waals surface area contributed by atoms with Crippen LogP contribution in [0.15, 0.2) is 48.5 Å². The summed E-state index contributed by atoms with van der Waals surface area (Å²) in [6.45, 7) is 2.24. The Kier molecular flexibility index (Phi) is 5.04. The molecular formula is C20H23FN2O2. The highest BCUT2D eigenvalue weighted by atomic mass is 19.1. The summed E-state index contributed by atoms with van der Waals surface area (Å²) in [4.78, 5) is 14.8. The van der Waals surface area contributed by atoms with Gasteiger partial charge < -0.3 is 15.0 Å². The first-order valence-electron chi connectivity index (χ1n) is 8.41.